The Balaban J connectivity index is 1.83. The zero-order chi connectivity index (χ0) is 12.8. The largest absolute Gasteiger partial charge is 0.294 e. The monoisotopic (exact) mass is 244 g/mol. The average Bonchev–Trinajstić information content (AvgIpc) is 2.33. The van der Waals surface area contributed by atoms with Crippen LogP contribution in [0.2, 0.25) is 0 Å². The second-order valence-electron chi connectivity index (χ2n) is 5.50. The summed E-state index contributed by atoms with van der Waals surface area (Å²) in [6.07, 6.45) is 9.77. The lowest BCUT2D eigenvalue weighted by Gasteiger charge is -2.23. The zero-order valence-electron chi connectivity index (χ0n) is 11.5. The van der Waals surface area contributed by atoms with Gasteiger partial charge in [-0.15, -0.1) is 0 Å². The maximum absolute atomic E-state index is 12.0. The molecule has 1 aliphatic carbocycles. The van der Waals surface area contributed by atoms with Crippen molar-refractivity contribution in [2.24, 2.45) is 5.92 Å². The molecule has 0 saturated heterocycles. The van der Waals surface area contributed by atoms with Gasteiger partial charge in [0, 0.05) is 11.5 Å². The van der Waals surface area contributed by atoms with Crippen LogP contribution in [-0.4, -0.2) is 5.78 Å². The molecule has 0 aliphatic heterocycles. The van der Waals surface area contributed by atoms with Crippen LogP contribution in [0, 0.1) is 5.92 Å². The van der Waals surface area contributed by atoms with E-state index >= 15 is 0 Å². The van der Waals surface area contributed by atoms with E-state index in [1.54, 1.807) is 0 Å². The molecule has 0 heterocycles. The topological polar surface area (TPSA) is 17.1 Å². The maximum atomic E-state index is 12.0. The predicted molar refractivity (Wildman–Crippen MR) is 76.0 cm³/mol. The number of Topliss-reactive ketones (excluding diaryl/α,β-unsaturated/α-hetero) is 1. The number of carbonyl (C=O) groups is 1. The Morgan fingerprint density at radius 1 is 1.11 bits per heavy atom. The highest BCUT2D eigenvalue weighted by molar-refractivity contribution is 5.98. The molecule has 18 heavy (non-hydrogen) atoms. The van der Waals surface area contributed by atoms with E-state index in [-0.39, 0.29) is 0 Å². The molecule has 1 heteroatoms. The lowest BCUT2D eigenvalue weighted by molar-refractivity contribution is 0.0855. The van der Waals surface area contributed by atoms with E-state index in [1.165, 1.54) is 37.7 Å². The molecular weight excluding hydrogens is 220 g/mol. The number of ketones is 1. The number of aryl methyl sites for hydroxylation is 1. The van der Waals surface area contributed by atoms with Crippen molar-refractivity contribution in [1.29, 1.82) is 0 Å². The van der Waals surface area contributed by atoms with Crippen molar-refractivity contribution in [3.8, 4) is 0 Å². The van der Waals surface area contributed by atoms with E-state index in [4.69, 9.17) is 0 Å². The van der Waals surface area contributed by atoms with Gasteiger partial charge in [-0.3, -0.25) is 4.79 Å². The van der Waals surface area contributed by atoms with Crippen LogP contribution in [0.4, 0.5) is 0 Å². The number of hydrogen-bond donors (Lipinski definition) is 0. The summed E-state index contributed by atoms with van der Waals surface area (Å²) in [6, 6.07) is 8.32. The van der Waals surface area contributed by atoms with Gasteiger partial charge in [0.25, 0.3) is 0 Å². The number of unbranched alkanes of at least 4 members (excludes halogenated alkanes) is 3. The lowest BCUT2D eigenvalue weighted by Crippen LogP contribution is -2.21. The highest BCUT2D eigenvalue weighted by Gasteiger charge is 2.25. The second kappa shape index (κ2) is 6.72. The van der Waals surface area contributed by atoms with Crippen LogP contribution in [0.15, 0.2) is 24.3 Å². The molecule has 1 fully saturated rings. The molecule has 0 N–H and O–H groups in total. The molecule has 0 atom stereocenters. The van der Waals surface area contributed by atoms with Crippen LogP contribution in [-0.2, 0) is 6.42 Å². The molecule has 0 bridgehead atoms. The summed E-state index contributed by atoms with van der Waals surface area (Å²) in [5, 5.41) is 0. The van der Waals surface area contributed by atoms with Crippen molar-refractivity contribution in [1.82, 2.24) is 0 Å². The molecule has 0 aromatic heterocycles. The molecule has 0 spiro atoms. The molecule has 1 aromatic carbocycles. The summed E-state index contributed by atoms with van der Waals surface area (Å²) < 4.78 is 0. The van der Waals surface area contributed by atoms with Crippen molar-refractivity contribution in [3.63, 3.8) is 0 Å². The predicted octanol–water partition coefficient (Wildman–Crippen LogP) is 4.79. The van der Waals surface area contributed by atoms with Gasteiger partial charge in [0.1, 0.15) is 0 Å². The Hall–Kier alpha value is -1.11. The first kappa shape index (κ1) is 13.3. The second-order valence-corrected chi connectivity index (χ2v) is 5.50. The van der Waals surface area contributed by atoms with Gasteiger partial charge in [-0.05, 0) is 31.2 Å². The third-order valence-electron chi connectivity index (χ3n) is 4.03. The molecular formula is C17H24O. The van der Waals surface area contributed by atoms with Gasteiger partial charge in [-0.25, -0.2) is 0 Å². The summed E-state index contributed by atoms with van der Waals surface area (Å²) >= 11 is 0. The number of rotatable bonds is 7. The Morgan fingerprint density at radius 2 is 1.83 bits per heavy atom. The van der Waals surface area contributed by atoms with Gasteiger partial charge in [0.05, 0.1) is 0 Å². The molecule has 1 aromatic rings. The van der Waals surface area contributed by atoms with Gasteiger partial charge in [0.2, 0.25) is 0 Å². The fraction of sp³-hybridized carbons (Fsp3) is 0.588. The summed E-state index contributed by atoms with van der Waals surface area (Å²) in [5.41, 5.74) is 2.29. The van der Waals surface area contributed by atoms with Gasteiger partial charge in [0.15, 0.2) is 5.78 Å². The third-order valence-corrected chi connectivity index (χ3v) is 4.03. The molecule has 0 unspecified atom stereocenters. The van der Waals surface area contributed by atoms with E-state index < -0.39 is 0 Å². The summed E-state index contributed by atoms with van der Waals surface area (Å²) in [7, 11) is 0. The summed E-state index contributed by atoms with van der Waals surface area (Å²) in [6.45, 7) is 2.24. The summed E-state index contributed by atoms with van der Waals surface area (Å²) in [4.78, 5) is 12.0. The van der Waals surface area contributed by atoms with Gasteiger partial charge >= 0.3 is 0 Å². The normalized spacial score (nSPS) is 15.4. The number of benzene rings is 1. The molecule has 0 radical (unpaired) electrons. The molecule has 0 amide bonds. The highest BCUT2D eigenvalue weighted by Crippen LogP contribution is 2.29. The maximum Gasteiger partial charge on any atom is 0.165 e. The van der Waals surface area contributed by atoms with Crippen LogP contribution in [0.5, 0.6) is 0 Å². The molecule has 1 aliphatic rings. The van der Waals surface area contributed by atoms with E-state index in [0.29, 0.717) is 11.7 Å². The number of carbonyl (C=O) groups excluding carboxylic acids is 1. The van der Waals surface area contributed by atoms with E-state index in [9.17, 15) is 4.79 Å². The minimum absolute atomic E-state index is 0.320. The van der Waals surface area contributed by atoms with Crippen LogP contribution < -0.4 is 0 Å². The van der Waals surface area contributed by atoms with E-state index in [1.807, 2.05) is 12.1 Å². The van der Waals surface area contributed by atoms with Crippen LogP contribution in [0.3, 0.4) is 0 Å². The third kappa shape index (κ3) is 3.44. The quantitative estimate of drug-likeness (QED) is 0.497. The molecule has 1 saturated carbocycles. The van der Waals surface area contributed by atoms with Gasteiger partial charge < -0.3 is 0 Å². The van der Waals surface area contributed by atoms with Crippen molar-refractivity contribution >= 4 is 5.78 Å². The smallest absolute Gasteiger partial charge is 0.165 e. The first-order valence-corrected chi connectivity index (χ1v) is 7.44. The first-order valence-electron chi connectivity index (χ1n) is 7.44. The zero-order valence-corrected chi connectivity index (χ0v) is 11.5. The fourth-order valence-corrected chi connectivity index (χ4v) is 2.50. The van der Waals surface area contributed by atoms with Crippen molar-refractivity contribution in [2.75, 3.05) is 0 Å². The van der Waals surface area contributed by atoms with Crippen molar-refractivity contribution in [2.45, 2.75) is 58.3 Å². The fourth-order valence-electron chi connectivity index (χ4n) is 2.50. The van der Waals surface area contributed by atoms with Gasteiger partial charge in [-0.2, -0.15) is 0 Å². The Bertz CT molecular complexity index is 373. The van der Waals surface area contributed by atoms with Crippen LogP contribution in [0.1, 0.15) is 67.8 Å². The first-order chi connectivity index (χ1) is 8.81. The minimum atomic E-state index is 0.320. The van der Waals surface area contributed by atoms with Gasteiger partial charge in [-0.1, -0.05) is 56.9 Å². The SMILES string of the molecule is CCCCCCc1ccc(C(=O)C2CCC2)cc1. The number of hydrogen-bond acceptors (Lipinski definition) is 1. The summed E-state index contributed by atoms with van der Waals surface area (Å²) in [5.74, 6) is 0.680. The molecule has 98 valence electrons. The molecule has 2 rings (SSSR count). The van der Waals surface area contributed by atoms with E-state index in [2.05, 4.69) is 19.1 Å². The minimum Gasteiger partial charge on any atom is -0.294 e. The lowest BCUT2D eigenvalue weighted by atomic mass is 9.80. The van der Waals surface area contributed by atoms with Crippen LogP contribution >= 0.6 is 0 Å². The standard InChI is InChI=1S/C17H24O/c1-2-3-4-5-7-14-10-12-16(13-11-14)17(18)15-8-6-9-15/h10-13,15H,2-9H2,1H3. The molecule has 1 nitrogen and oxygen atoms in total. The Labute approximate surface area is 111 Å². The van der Waals surface area contributed by atoms with Crippen molar-refractivity contribution < 1.29 is 4.79 Å². The van der Waals surface area contributed by atoms with E-state index in [0.717, 1.165) is 24.8 Å². The Morgan fingerprint density at radius 3 is 2.39 bits per heavy atom. The van der Waals surface area contributed by atoms with Crippen LogP contribution in [0.25, 0.3) is 0 Å². The Kier molecular flexibility index (Phi) is 4.98. The highest BCUT2D eigenvalue weighted by atomic mass is 16.1. The average molecular weight is 244 g/mol. The van der Waals surface area contributed by atoms with Crippen molar-refractivity contribution in [3.05, 3.63) is 35.4 Å².